The van der Waals surface area contributed by atoms with E-state index in [1.165, 1.54) is 5.56 Å². The number of carbonyl (C=O) groups is 1. The molecular formula is C16H24N2O2. The summed E-state index contributed by atoms with van der Waals surface area (Å²) in [6, 6.07) is 10.4. The number of ether oxygens (including phenoxy) is 1. The summed E-state index contributed by atoms with van der Waals surface area (Å²) in [6.07, 6.45) is 0.727. The molecule has 1 fully saturated rings. The van der Waals surface area contributed by atoms with Crippen LogP contribution in [-0.2, 0) is 4.74 Å². The van der Waals surface area contributed by atoms with Gasteiger partial charge in [0.2, 0.25) is 0 Å². The molecule has 20 heavy (non-hydrogen) atoms. The van der Waals surface area contributed by atoms with Crippen LogP contribution < -0.4 is 5.32 Å². The lowest BCUT2D eigenvalue weighted by Gasteiger charge is -2.28. The van der Waals surface area contributed by atoms with Crippen molar-refractivity contribution in [2.24, 2.45) is 0 Å². The van der Waals surface area contributed by atoms with Crippen LogP contribution in [0.2, 0.25) is 0 Å². The molecule has 0 bridgehead atoms. The lowest BCUT2D eigenvalue weighted by atomic mass is 10.1. The molecule has 2 rings (SSSR count). The Balaban J connectivity index is 2.05. The Morgan fingerprint density at radius 1 is 1.30 bits per heavy atom. The van der Waals surface area contributed by atoms with Gasteiger partial charge in [0.15, 0.2) is 0 Å². The molecular weight excluding hydrogens is 252 g/mol. The van der Waals surface area contributed by atoms with Crippen LogP contribution in [0.25, 0.3) is 0 Å². The first-order chi connectivity index (χ1) is 9.46. The topological polar surface area (TPSA) is 41.6 Å². The Kier molecular flexibility index (Phi) is 4.65. The summed E-state index contributed by atoms with van der Waals surface area (Å²) < 4.78 is 5.48. The molecule has 0 radical (unpaired) electrons. The zero-order chi connectivity index (χ0) is 14.6. The van der Waals surface area contributed by atoms with Crippen molar-refractivity contribution in [3.63, 3.8) is 0 Å². The molecule has 1 atom stereocenters. The number of nitrogens with zero attached hydrogens (tertiary/aromatic N) is 1. The first-order valence-electron chi connectivity index (χ1n) is 7.22. The van der Waals surface area contributed by atoms with Crippen LogP contribution in [0, 0.1) is 0 Å². The third-order valence-electron chi connectivity index (χ3n) is 3.25. The lowest BCUT2D eigenvalue weighted by Crippen LogP contribution is -2.39. The second-order valence-electron chi connectivity index (χ2n) is 6.20. The number of rotatable bonds is 1. The highest BCUT2D eigenvalue weighted by Crippen LogP contribution is 2.19. The van der Waals surface area contributed by atoms with Crippen molar-refractivity contribution in [1.82, 2.24) is 10.2 Å². The van der Waals surface area contributed by atoms with E-state index in [1.54, 1.807) is 0 Å². The molecule has 4 nitrogen and oxygen atoms in total. The van der Waals surface area contributed by atoms with E-state index in [-0.39, 0.29) is 12.1 Å². The first kappa shape index (κ1) is 14.9. The van der Waals surface area contributed by atoms with Crippen LogP contribution in [0.15, 0.2) is 30.3 Å². The predicted molar refractivity (Wildman–Crippen MR) is 79.6 cm³/mol. The smallest absolute Gasteiger partial charge is 0.410 e. The summed E-state index contributed by atoms with van der Waals surface area (Å²) in [5.41, 5.74) is 0.766. The molecule has 1 heterocycles. The molecule has 1 aromatic carbocycles. The van der Waals surface area contributed by atoms with Crippen molar-refractivity contribution >= 4 is 6.09 Å². The number of nitrogens with one attached hydrogen (secondary N) is 1. The standard InChI is InChI=1S/C16H24N2O2/c1-16(2,3)20-15(19)18-11-7-10-17-14(12-18)13-8-5-4-6-9-13/h4-6,8-9,14,17H,7,10-12H2,1-3H3/t14-/m1/s1. The lowest BCUT2D eigenvalue weighted by molar-refractivity contribution is 0.0247. The minimum absolute atomic E-state index is 0.172. The molecule has 1 aromatic rings. The largest absolute Gasteiger partial charge is 0.444 e. The van der Waals surface area contributed by atoms with Gasteiger partial charge in [0.05, 0.1) is 6.04 Å². The van der Waals surface area contributed by atoms with Gasteiger partial charge in [-0.05, 0) is 39.3 Å². The highest BCUT2D eigenvalue weighted by Gasteiger charge is 2.26. The average molecular weight is 276 g/mol. The second kappa shape index (κ2) is 6.27. The molecule has 110 valence electrons. The quantitative estimate of drug-likeness (QED) is 0.857. The van der Waals surface area contributed by atoms with Gasteiger partial charge in [-0.3, -0.25) is 0 Å². The van der Waals surface area contributed by atoms with Crippen molar-refractivity contribution in [3.8, 4) is 0 Å². The fourth-order valence-corrected chi connectivity index (χ4v) is 2.32. The highest BCUT2D eigenvalue weighted by atomic mass is 16.6. The Bertz CT molecular complexity index is 440. The van der Waals surface area contributed by atoms with Crippen molar-refractivity contribution in [2.75, 3.05) is 19.6 Å². The number of hydrogen-bond acceptors (Lipinski definition) is 3. The molecule has 1 aliphatic rings. The van der Waals surface area contributed by atoms with Gasteiger partial charge in [0, 0.05) is 13.1 Å². The van der Waals surface area contributed by atoms with Crippen LogP contribution in [0.4, 0.5) is 4.79 Å². The number of benzene rings is 1. The van der Waals surface area contributed by atoms with E-state index in [2.05, 4.69) is 17.4 Å². The van der Waals surface area contributed by atoms with Gasteiger partial charge in [0.1, 0.15) is 5.60 Å². The van der Waals surface area contributed by atoms with E-state index in [4.69, 9.17) is 4.74 Å². The molecule has 0 spiro atoms. The number of hydrogen-bond donors (Lipinski definition) is 1. The van der Waals surface area contributed by atoms with Gasteiger partial charge in [-0.2, -0.15) is 0 Å². The van der Waals surface area contributed by atoms with Gasteiger partial charge in [0.25, 0.3) is 0 Å². The molecule has 0 unspecified atom stereocenters. The fraction of sp³-hybridized carbons (Fsp3) is 0.562. The summed E-state index contributed by atoms with van der Waals surface area (Å²) in [6.45, 7) is 8.00. The predicted octanol–water partition coefficient (Wildman–Crippen LogP) is 2.96. The van der Waals surface area contributed by atoms with Crippen molar-refractivity contribution < 1.29 is 9.53 Å². The van der Waals surface area contributed by atoms with Gasteiger partial charge >= 0.3 is 6.09 Å². The maximum Gasteiger partial charge on any atom is 0.410 e. The minimum Gasteiger partial charge on any atom is -0.444 e. The Morgan fingerprint density at radius 2 is 2.00 bits per heavy atom. The molecule has 1 saturated heterocycles. The average Bonchev–Trinajstić information content (AvgIpc) is 2.63. The van der Waals surface area contributed by atoms with E-state index < -0.39 is 5.60 Å². The Morgan fingerprint density at radius 3 is 2.65 bits per heavy atom. The number of carbonyl (C=O) groups excluding carboxylic acids is 1. The third-order valence-corrected chi connectivity index (χ3v) is 3.25. The monoisotopic (exact) mass is 276 g/mol. The molecule has 1 N–H and O–H groups in total. The molecule has 1 amide bonds. The Hall–Kier alpha value is -1.55. The zero-order valence-electron chi connectivity index (χ0n) is 12.6. The van der Waals surface area contributed by atoms with E-state index in [9.17, 15) is 4.79 Å². The molecule has 1 aliphatic heterocycles. The summed E-state index contributed by atoms with van der Waals surface area (Å²) >= 11 is 0. The first-order valence-corrected chi connectivity index (χ1v) is 7.22. The van der Waals surface area contributed by atoms with Crippen molar-refractivity contribution in [2.45, 2.75) is 38.8 Å². The van der Waals surface area contributed by atoms with Gasteiger partial charge in [-0.25, -0.2) is 4.79 Å². The van der Waals surface area contributed by atoms with Crippen molar-refractivity contribution in [3.05, 3.63) is 35.9 Å². The summed E-state index contributed by atoms with van der Waals surface area (Å²) in [5.74, 6) is 0. The highest BCUT2D eigenvalue weighted by molar-refractivity contribution is 5.68. The van der Waals surface area contributed by atoms with Crippen LogP contribution in [-0.4, -0.2) is 36.2 Å². The van der Waals surface area contributed by atoms with Gasteiger partial charge in [-0.1, -0.05) is 30.3 Å². The maximum absolute atomic E-state index is 12.2. The zero-order valence-corrected chi connectivity index (χ0v) is 12.6. The van der Waals surface area contributed by atoms with Crippen LogP contribution in [0.1, 0.15) is 38.8 Å². The Labute approximate surface area is 121 Å². The van der Waals surface area contributed by atoms with Crippen LogP contribution in [0.5, 0.6) is 0 Å². The SMILES string of the molecule is CC(C)(C)OC(=O)N1CCCN[C@@H](c2ccccc2)C1. The van der Waals surface area contributed by atoms with Gasteiger partial charge < -0.3 is 15.0 Å². The normalized spacial score (nSPS) is 20.4. The minimum atomic E-state index is -0.445. The summed E-state index contributed by atoms with van der Waals surface area (Å²) in [7, 11) is 0. The van der Waals surface area contributed by atoms with Gasteiger partial charge in [-0.15, -0.1) is 0 Å². The van der Waals surface area contributed by atoms with E-state index in [0.29, 0.717) is 6.54 Å². The third kappa shape index (κ3) is 4.23. The second-order valence-corrected chi connectivity index (χ2v) is 6.20. The summed E-state index contributed by atoms with van der Waals surface area (Å²) in [4.78, 5) is 14.0. The molecule has 0 aliphatic carbocycles. The summed E-state index contributed by atoms with van der Waals surface area (Å²) in [5, 5.41) is 3.50. The fourth-order valence-electron chi connectivity index (χ4n) is 2.32. The molecule has 0 aromatic heterocycles. The van der Waals surface area contributed by atoms with Crippen molar-refractivity contribution in [1.29, 1.82) is 0 Å². The molecule has 4 heteroatoms. The van der Waals surface area contributed by atoms with Crippen LogP contribution >= 0.6 is 0 Å². The van der Waals surface area contributed by atoms with Crippen LogP contribution in [0.3, 0.4) is 0 Å². The van der Waals surface area contributed by atoms with E-state index >= 15 is 0 Å². The van der Waals surface area contributed by atoms with E-state index in [0.717, 1.165) is 19.5 Å². The van der Waals surface area contributed by atoms with E-state index in [1.807, 2.05) is 43.9 Å². The number of amides is 1. The molecule has 0 saturated carbocycles. The maximum atomic E-state index is 12.2.